The third-order valence-electron chi connectivity index (χ3n) is 4.56. The summed E-state index contributed by atoms with van der Waals surface area (Å²) in [7, 11) is 0. The van der Waals surface area contributed by atoms with Gasteiger partial charge in [-0.1, -0.05) is 6.07 Å². The highest BCUT2D eigenvalue weighted by molar-refractivity contribution is 5.87. The molecule has 10 nitrogen and oxygen atoms in total. The minimum Gasteiger partial charge on any atom is -0.508 e. The standard InChI is InChI=1S/C21H22O10/c22-12-3-5-13(6-4-12)30-21-20(28)19(27)18(26)16(31-21)10-29-17(25)8-2-11-1-7-14(23)15(24)9-11/h1-9,16,18-24,26-28H,10H2/b8-2+/t16-,18-,19+,20-,21?/m1/s1. The Morgan fingerprint density at radius 1 is 0.935 bits per heavy atom. The van der Waals surface area contributed by atoms with E-state index in [1.54, 1.807) is 0 Å². The molecule has 166 valence electrons. The lowest BCUT2D eigenvalue weighted by molar-refractivity contribution is -0.278. The number of phenols is 3. The molecule has 0 spiro atoms. The maximum Gasteiger partial charge on any atom is 0.330 e. The number of aliphatic hydroxyl groups excluding tert-OH is 3. The third-order valence-corrected chi connectivity index (χ3v) is 4.56. The summed E-state index contributed by atoms with van der Waals surface area (Å²) in [5.74, 6) is -1.19. The van der Waals surface area contributed by atoms with Gasteiger partial charge in [-0.25, -0.2) is 4.79 Å². The molecule has 1 saturated heterocycles. The van der Waals surface area contributed by atoms with E-state index in [0.29, 0.717) is 5.56 Å². The van der Waals surface area contributed by atoms with Gasteiger partial charge in [0.05, 0.1) is 0 Å². The third kappa shape index (κ3) is 5.64. The van der Waals surface area contributed by atoms with E-state index in [1.165, 1.54) is 48.5 Å². The lowest BCUT2D eigenvalue weighted by atomic mass is 9.99. The van der Waals surface area contributed by atoms with Crippen LogP contribution in [0.15, 0.2) is 48.5 Å². The Morgan fingerprint density at radius 2 is 1.65 bits per heavy atom. The lowest BCUT2D eigenvalue weighted by Crippen LogP contribution is -2.60. The number of aliphatic hydroxyl groups is 3. The summed E-state index contributed by atoms with van der Waals surface area (Å²) in [6.07, 6.45) is -4.86. The minimum atomic E-state index is -1.62. The molecular formula is C21H22O10. The van der Waals surface area contributed by atoms with E-state index < -0.39 is 43.3 Å². The fraction of sp³-hybridized carbons (Fsp3) is 0.286. The van der Waals surface area contributed by atoms with Crippen LogP contribution in [0.5, 0.6) is 23.0 Å². The number of aromatic hydroxyl groups is 3. The zero-order valence-electron chi connectivity index (χ0n) is 16.1. The second-order valence-electron chi connectivity index (χ2n) is 6.84. The molecule has 0 radical (unpaired) electrons. The molecule has 5 atom stereocenters. The fourth-order valence-corrected chi connectivity index (χ4v) is 2.83. The summed E-state index contributed by atoms with van der Waals surface area (Å²) in [4.78, 5) is 11.9. The number of carbonyl (C=O) groups excluding carboxylic acids is 1. The monoisotopic (exact) mass is 434 g/mol. The molecular weight excluding hydrogens is 412 g/mol. The smallest absolute Gasteiger partial charge is 0.330 e. The average molecular weight is 434 g/mol. The van der Waals surface area contributed by atoms with Gasteiger partial charge >= 0.3 is 5.97 Å². The average Bonchev–Trinajstić information content (AvgIpc) is 2.75. The summed E-state index contributed by atoms with van der Waals surface area (Å²) in [6, 6.07) is 9.53. The van der Waals surface area contributed by atoms with E-state index in [9.17, 15) is 35.4 Å². The highest BCUT2D eigenvalue weighted by Crippen LogP contribution is 2.26. The van der Waals surface area contributed by atoms with Gasteiger partial charge in [0.25, 0.3) is 0 Å². The van der Waals surface area contributed by atoms with Crippen LogP contribution >= 0.6 is 0 Å². The van der Waals surface area contributed by atoms with Gasteiger partial charge in [-0.3, -0.25) is 0 Å². The molecule has 3 rings (SSSR count). The van der Waals surface area contributed by atoms with Crippen molar-refractivity contribution in [1.82, 2.24) is 0 Å². The molecule has 0 aromatic heterocycles. The zero-order chi connectivity index (χ0) is 22.5. The Hall–Kier alpha value is -3.31. The number of ether oxygens (including phenoxy) is 3. The van der Waals surface area contributed by atoms with E-state index in [1.807, 2.05) is 0 Å². The van der Waals surface area contributed by atoms with Crippen LogP contribution in [0.1, 0.15) is 5.56 Å². The zero-order valence-corrected chi connectivity index (χ0v) is 16.1. The first-order chi connectivity index (χ1) is 14.7. The predicted molar refractivity (Wildman–Crippen MR) is 105 cm³/mol. The quantitative estimate of drug-likeness (QED) is 0.211. The molecule has 2 aromatic carbocycles. The molecule has 0 amide bonds. The van der Waals surface area contributed by atoms with Crippen LogP contribution in [0.2, 0.25) is 0 Å². The molecule has 1 aliphatic heterocycles. The van der Waals surface area contributed by atoms with Gasteiger partial charge < -0.3 is 44.8 Å². The maximum atomic E-state index is 11.9. The highest BCUT2D eigenvalue weighted by atomic mass is 16.7. The first-order valence-corrected chi connectivity index (χ1v) is 9.27. The van der Waals surface area contributed by atoms with Gasteiger partial charge in [0.2, 0.25) is 6.29 Å². The minimum absolute atomic E-state index is 0.00766. The number of hydrogen-bond acceptors (Lipinski definition) is 10. The van der Waals surface area contributed by atoms with E-state index in [2.05, 4.69) is 0 Å². The number of hydrogen-bond donors (Lipinski definition) is 6. The van der Waals surface area contributed by atoms with Crippen molar-refractivity contribution in [3.8, 4) is 23.0 Å². The first-order valence-electron chi connectivity index (χ1n) is 9.27. The van der Waals surface area contributed by atoms with Gasteiger partial charge in [-0.2, -0.15) is 0 Å². The Labute approximate surface area is 176 Å². The van der Waals surface area contributed by atoms with Crippen molar-refractivity contribution in [1.29, 1.82) is 0 Å². The summed E-state index contributed by atoms with van der Waals surface area (Å²) in [5.41, 5.74) is 0.433. The first kappa shape index (κ1) is 22.4. The maximum absolute atomic E-state index is 11.9. The van der Waals surface area contributed by atoms with E-state index in [0.717, 1.165) is 6.08 Å². The topological polar surface area (TPSA) is 166 Å². The molecule has 0 bridgehead atoms. The van der Waals surface area contributed by atoms with Crippen LogP contribution in [0.4, 0.5) is 0 Å². The van der Waals surface area contributed by atoms with Crippen LogP contribution in [-0.4, -0.2) is 73.9 Å². The molecule has 1 aliphatic rings. The van der Waals surface area contributed by atoms with Gasteiger partial charge in [0, 0.05) is 6.08 Å². The fourth-order valence-electron chi connectivity index (χ4n) is 2.83. The molecule has 1 fully saturated rings. The molecule has 31 heavy (non-hydrogen) atoms. The Kier molecular flexibility index (Phi) is 6.98. The Morgan fingerprint density at radius 3 is 2.32 bits per heavy atom. The summed E-state index contributed by atoms with van der Waals surface area (Å²) in [5, 5.41) is 58.3. The van der Waals surface area contributed by atoms with Gasteiger partial charge in [0.1, 0.15) is 42.5 Å². The Bertz CT molecular complexity index is 926. The number of esters is 1. The predicted octanol–water partition coefficient (Wildman–Crippen LogP) is 0.246. The van der Waals surface area contributed by atoms with Crippen molar-refractivity contribution in [2.45, 2.75) is 30.7 Å². The SMILES string of the molecule is O=C(/C=C/c1ccc(O)c(O)c1)OC[C@H]1OC(Oc2ccc(O)cc2)[C@H](O)[C@@H](O)[C@@H]1O. The number of phenolic OH excluding ortho intramolecular Hbond substituents is 3. The number of rotatable bonds is 6. The second kappa shape index (κ2) is 9.67. The molecule has 0 aliphatic carbocycles. The molecule has 2 aromatic rings. The van der Waals surface area contributed by atoms with Crippen molar-refractivity contribution in [3.63, 3.8) is 0 Å². The molecule has 0 saturated carbocycles. The largest absolute Gasteiger partial charge is 0.508 e. The highest BCUT2D eigenvalue weighted by Gasteiger charge is 2.45. The summed E-state index contributed by atoms with van der Waals surface area (Å²) < 4.78 is 15.9. The number of benzene rings is 2. The van der Waals surface area contributed by atoms with E-state index >= 15 is 0 Å². The van der Waals surface area contributed by atoms with Crippen molar-refractivity contribution in [2.24, 2.45) is 0 Å². The van der Waals surface area contributed by atoms with Crippen LogP contribution in [0.25, 0.3) is 6.08 Å². The van der Waals surface area contributed by atoms with Crippen molar-refractivity contribution < 1.29 is 49.6 Å². The van der Waals surface area contributed by atoms with Crippen molar-refractivity contribution in [2.75, 3.05) is 6.61 Å². The van der Waals surface area contributed by atoms with Gasteiger partial charge in [0.15, 0.2) is 11.5 Å². The normalized spacial score (nSPS) is 26.0. The van der Waals surface area contributed by atoms with E-state index in [-0.39, 0.29) is 23.0 Å². The van der Waals surface area contributed by atoms with Gasteiger partial charge in [-0.15, -0.1) is 0 Å². The van der Waals surface area contributed by atoms with Crippen molar-refractivity contribution >= 4 is 12.0 Å². The van der Waals surface area contributed by atoms with Crippen molar-refractivity contribution in [3.05, 3.63) is 54.1 Å². The van der Waals surface area contributed by atoms with Crippen LogP contribution in [0, 0.1) is 0 Å². The molecule has 1 unspecified atom stereocenters. The van der Waals surface area contributed by atoms with Crippen LogP contribution in [0.3, 0.4) is 0 Å². The molecule has 1 heterocycles. The number of carbonyl (C=O) groups is 1. The van der Waals surface area contributed by atoms with E-state index in [4.69, 9.17) is 14.2 Å². The van der Waals surface area contributed by atoms with Gasteiger partial charge in [-0.05, 0) is 48.0 Å². The summed E-state index contributed by atoms with van der Waals surface area (Å²) in [6.45, 7) is -0.440. The molecule has 6 N–H and O–H groups in total. The Balaban J connectivity index is 1.58. The van der Waals surface area contributed by atoms with Crippen LogP contribution in [-0.2, 0) is 14.3 Å². The lowest BCUT2D eigenvalue weighted by Gasteiger charge is -2.39. The second-order valence-corrected chi connectivity index (χ2v) is 6.84. The molecule has 10 heteroatoms. The van der Waals surface area contributed by atoms with Crippen LogP contribution < -0.4 is 4.74 Å². The summed E-state index contributed by atoms with van der Waals surface area (Å²) >= 11 is 0.